The Hall–Kier alpha value is -1.42. The van der Waals surface area contributed by atoms with Crippen molar-refractivity contribution in [3.63, 3.8) is 0 Å². The smallest absolute Gasteiger partial charge is 0.266 e. The van der Waals surface area contributed by atoms with Crippen molar-refractivity contribution in [1.82, 2.24) is 4.98 Å². The molecule has 0 radical (unpaired) electrons. The van der Waals surface area contributed by atoms with Crippen LogP contribution in [0.3, 0.4) is 0 Å². The second-order valence-corrected chi connectivity index (χ2v) is 2.94. The van der Waals surface area contributed by atoms with Crippen molar-refractivity contribution >= 4 is 12.2 Å². The summed E-state index contributed by atoms with van der Waals surface area (Å²) >= 11 is 4.76. The Morgan fingerprint density at radius 3 is 2.46 bits per heavy atom. The minimum atomic E-state index is -0.258. The molecule has 66 valence electrons. The van der Waals surface area contributed by atoms with E-state index < -0.39 is 0 Å². The van der Waals surface area contributed by atoms with Gasteiger partial charge in [-0.25, -0.2) is 4.39 Å². The van der Waals surface area contributed by atoms with Gasteiger partial charge in [0.15, 0.2) is 0 Å². The minimum Gasteiger partial charge on any atom is -0.437 e. The summed E-state index contributed by atoms with van der Waals surface area (Å²) in [5.41, 5.74) is 1.60. The van der Waals surface area contributed by atoms with Gasteiger partial charge in [-0.15, -0.1) is 0 Å². The van der Waals surface area contributed by atoms with Crippen LogP contribution >= 0.6 is 12.2 Å². The second-order valence-electron chi connectivity index (χ2n) is 2.57. The topological polar surface area (TPSA) is 28.9 Å². The molecule has 0 aliphatic heterocycles. The number of H-pyrrole nitrogens is 1. The molecular formula is C9H6FNOS. The highest BCUT2D eigenvalue weighted by molar-refractivity contribution is 7.71. The molecule has 0 saturated carbocycles. The molecule has 2 nitrogen and oxygen atoms in total. The number of halogens is 1. The molecule has 0 spiro atoms. The predicted molar refractivity (Wildman–Crippen MR) is 49.3 cm³/mol. The first-order chi connectivity index (χ1) is 6.25. The molecule has 1 aromatic heterocycles. The molecule has 2 aromatic rings. The largest absolute Gasteiger partial charge is 0.437 e. The Morgan fingerprint density at radius 2 is 1.92 bits per heavy atom. The summed E-state index contributed by atoms with van der Waals surface area (Å²) < 4.78 is 17.5. The van der Waals surface area contributed by atoms with Crippen molar-refractivity contribution in [1.29, 1.82) is 0 Å². The molecule has 2 rings (SSSR count). The molecule has 0 atom stereocenters. The lowest BCUT2D eigenvalue weighted by Gasteiger charge is -1.94. The molecule has 13 heavy (non-hydrogen) atoms. The summed E-state index contributed by atoms with van der Waals surface area (Å²) in [4.78, 5) is 3.16. The van der Waals surface area contributed by atoms with Gasteiger partial charge in [-0.1, -0.05) is 0 Å². The van der Waals surface area contributed by atoms with Gasteiger partial charge in [0.1, 0.15) is 12.1 Å². The Kier molecular flexibility index (Phi) is 1.98. The van der Waals surface area contributed by atoms with E-state index in [0.717, 1.165) is 11.3 Å². The molecule has 0 amide bonds. The van der Waals surface area contributed by atoms with Gasteiger partial charge in [-0.3, -0.25) is 0 Å². The van der Waals surface area contributed by atoms with Gasteiger partial charge in [-0.05, 0) is 36.5 Å². The monoisotopic (exact) mass is 195 g/mol. The zero-order chi connectivity index (χ0) is 9.26. The lowest BCUT2D eigenvalue weighted by Crippen LogP contribution is -1.77. The lowest BCUT2D eigenvalue weighted by molar-refractivity contribution is 0.541. The number of hydrogen-bond acceptors (Lipinski definition) is 2. The number of benzene rings is 1. The number of oxazole rings is 1. The average molecular weight is 195 g/mol. The fraction of sp³-hybridized carbons (Fsp3) is 0. The third-order valence-corrected chi connectivity index (χ3v) is 1.87. The highest BCUT2D eigenvalue weighted by Gasteiger charge is 1.99. The molecule has 0 bridgehead atoms. The number of aromatic amines is 1. The van der Waals surface area contributed by atoms with Gasteiger partial charge in [0, 0.05) is 5.56 Å². The minimum absolute atomic E-state index is 0.258. The number of rotatable bonds is 1. The normalized spacial score (nSPS) is 10.2. The maximum atomic E-state index is 12.6. The third-order valence-electron chi connectivity index (χ3n) is 1.68. The molecule has 4 heteroatoms. The SMILES string of the molecule is Fc1ccc(-c2coc(=S)[nH]2)cc1. The molecular weight excluding hydrogens is 189 g/mol. The molecule has 1 heterocycles. The highest BCUT2D eigenvalue weighted by atomic mass is 32.1. The van der Waals surface area contributed by atoms with E-state index in [0.29, 0.717) is 4.84 Å². The first kappa shape index (κ1) is 8.19. The quantitative estimate of drug-likeness (QED) is 0.708. The van der Waals surface area contributed by atoms with E-state index in [9.17, 15) is 4.39 Å². The van der Waals surface area contributed by atoms with Gasteiger partial charge >= 0.3 is 0 Å². The van der Waals surface area contributed by atoms with Crippen LogP contribution in [0.15, 0.2) is 34.9 Å². The number of hydrogen-bond donors (Lipinski definition) is 1. The van der Waals surface area contributed by atoms with Gasteiger partial charge in [-0.2, -0.15) is 0 Å². The Bertz CT molecular complexity index is 457. The van der Waals surface area contributed by atoms with Gasteiger partial charge in [0.05, 0.1) is 5.69 Å². The van der Waals surface area contributed by atoms with Crippen molar-refractivity contribution in [2.24, 2.45) is 0 Å². The van der Waals surface area contributed by atoms with E-state index in [4.69, 9.17) is 16.6 Å². The molecule has 0 aliphatic carbocycles. The van der Waals surface area contributed by atoms with Crippen molar-refractivity contribution in [3.05, 3.63) is 41.2 Å². The fourth-order valence-electron chi connectivity index (χ4n) is 1.05. The van der Waals surface area contributed by atoms with Crippen LogP contribution in [0.5, 0.6) is 0 Å². The lowest BCUT2D eigenvalue weighted by atomic mass is 10.2. The second kappa shape index (κ2) is 3.14. The summed E-state index contributed by atoms with van der Waals surface area (Å²) in [5.74, 6) is -0.258. The van der Waals surface area contributed by atoms with E-state index in [1.165, 1.54) is 18.4 Å². The Labute approximate surface area is 79.0 Å². The van der Waals surface area contributed by atoms with Crippen LogP contribution in [0.25, 0.3) is 11.3 Å². The van der Waals surface area contributed by atoms with Crippen molar-refractivity contribution in [3.8, 4) is 11.3 Å². The summed E-state index contributed by atoms with van der Waals surface area (Å²) in [6, 6.07) is 6.09. The summed E-state index contributed by atoms with van der Waals surface area (Å²) in [6.07, 6.45) is 1.51. The predicted octanol–water partition coefficient (Wildman–Crippen LogP) is 3.14. The van der Waals surface area contributed by atoms with Crippen LogP contribution in [0.2, 0.25) is 0 Å². The van der Waals surface area contributed by atoms with Crippen LogP contribution < -0.4 is 0 Å². The summed E-state index contributed by atoms with van der Waals surface area (Å²) in [7, 11) is 0. The Morgan fingerprint density at radius 1 is 1.23 bits per heavy atom. The first-order valence-electron chi connectivity index (χ1n) is 3.69. The number of nitrogens with one attached hydrogen (secondary N) is 1. The average Bonchev–Trinajstić information content (AvgIpc) is 2.53. The molecule has 0 unspecified atom stereocenters. The summed E-state index contributed by atoms with van der Waals surface area (Å²) in [5, 5.41) is 0. The molecule has 0 aliphatic rings. The van der Waals surface area contributed by atoms with Crippen LogP contribution in [0.1, 0.15) is 0 Å². The zero-order valence-corrected chi connectivity index (χ0v) is 7.40. The maximum Gasteiger partial charge on any atom is 0.266 e. The molecule has 1 aromatic carbocycles. The van der Waals surface area contributed by atoms with E-state index in [1.54, 1.807) is 12.1 Å². The fourth-order valence-corrected chi connectivity index (χ4v) is 1.21. The molecule has 0 saturated heterocycles. The maximum absolute atomic E-state index is 12.6. The van der Waals surface area contributed by atoms with Gasteiger partial charge in [0.25, 0.3) is 4.84 Å². The zero-order valence-electron chi connectivity index (χ0n) is 6.58. The Balaban J connectivity index is 2.47. The van der Waals surface area contributed by atoms with E-state index in [2.05, 4.69) is 4.98 Å². The molecule has 0 fully saturated rings. The molecule has 1 N–H and O–H groups in total. The van der Waals surface area contributed by atoms with E-state index in [1.807, 2.05) is 0 Å². The highest BCUT2D eigenvalue weighted by Crippen LogP contribution is 2.17. The van der Waals surface area contributed by atoms with Crippen molar-refractivity contribution in [2.75, 3.05) is 0 Å². The van der Waals surface area contributed by atoms with Gasteiger partial charge < -0.3 is 9.40 Å². The first-order valence-corrected chi connectivity index (χ1v) is 4.10. The van der Waals surface area contributed by atoms with Crippen LogP contribution in [-0.2, 0) is 0 Å². The van der Waals surface area contributed by atoms with Crippen LogP contribution in [0.4, 0.5) is 4.39 Å². The van der Waals surface area contributed by atoms with Crippen molar-refractivity contribution in [2.45, 2.75) is 0 Å². The third kappa shape index (κ3) is 1.67. The van der Waals surface area contributed by atoms with Crippen LogP contribution in [-0.4, -0.2) is 4.98 Å². The van der Waals surface area contributed by atoms with E-state index >= 15 is 0 Å². The van der Waals surface area contributed by atoms with Gasteiger partial charge in [0.2, 0.25) is 0 Å². The summed E-state index contributed by atoms with van der Waals surface area (Å²) in [6.45, 7) is 0. The van der Waals surface area contributed by atoms with Crippen molar-refractivity contribution < 1.29 is 8.81 Å². The van der Waals surface area contributed by atoms with Crippen LogP contribution in [0, 0.1) is 10.7 Å². The van der Waals surface area contributed by atoms with E-state index in [-0.39, 0.29) is 5.82 Å². The standard InChI is InChI=1S/C9H6FNOS/c10-7-3-1-6(2-4-7)8-5-12-9(13)11-8/h1-5H,(H,11,13). The number of aromatic nitrogens is 1.